The van der Waals surface area contributed by atoms with E-state index >= 15 is 0 Å². The summed E-state index contributed by atoms with van der Waals surface area (Å²) in [7, 11) is 0. The fourth-order valence-electron chi connectivity index (χ4n) is 2.81. The molecule has 2 N–H and O–H groups in total. The molecule has 3 rings (SSSR count). The van der Waals surface area contributed by atoms with Crippen molar-refractivity contribution in [1.29, 1.82) is 0 Å². The van der Waals surface area contributed by atoms with Crippen molar-refractivity contribution in [3.8, 4) is 0 Å². The second kappa shape index (κ2) is 4.23. The predicted molar refractivity (Wildman–Crippen MR) is 62.5 cm³/mol. The zero-order chi connectivity index (χ0) is 11.8. The summed E-state index contributed by atoms with van der Waals surface area (Å²) in [6, 6.07) is 2.89. The summed E-state index contributed by atoms with van der Waals surface area (Å²) >= 11 is 0. The summed E-state index contributed by atoms with van der Waals surface area (Å²) in [5.74, 6) is -0.467. The molecule has 2 aliphatic rings. The monoisotopic (exact) mass is 237 g/mol. The number of fused-ring (bicyclic) bond motifs is 2. The standard InChI is InChI=1S/C12H16FN3O/c13-12-8(1-2-17)3-10(6-15-12)16-7-9-4-11(16)5-14-9/h3,6,9,11,14,17H,1-2,4-5,7H2/t9-,11-/m0/s1. The molecule has 92 valence electrons. The number of nitrogens with one attached hydrogen (secondary N) is 1. The van der Waals surface area contributed by atoms with Crippen LogP contribution in [0.5, 0.6) is 0 Å². The Balaban J connectivity index is 1.85. The Hall–Kier alpha value is -1.20. The number of aromatic nitrogens is 1. The van der Waals surface area contributed by atoms with Crippen LogP contribution >= 0.6 is 0 Å². The van der Waals surface area contributed by atoms with E-state index in [9.17, 15) is 4.39 Å². The van der Waals surface area contributed by atoms with E-state index < -0.39 is 5.95 Å². The predicted octanol–water partition coefficient (Wildman–Crippen LogP) is 0.306. The molecule has 2 fully saturated rings. The Morgan fingerprint density at radius 2 is 2.47 bits per heavy atom. The molecule has 2 bridgehead atoms. The molecule has 0 saturated carbocycles. The lowest BCUT2D eigenvalue weighted by molar-refractivity contribution is 0.297. The van der Waals surface area contributed by atoms with Gasteiger partial charge in [-0.2, -0.15) is 4.39 Å². The zero-order valence-electron chi connectivity index (χ0n) is 9.56. The van der Waals surface area contributed by atoms with Gasteiger partial charge in [-0.3, -0.25) is 0 Å². The first-order chi connectivity index (χ1) is 8.28. The highest BCUT2D eigenvalue weighted by Gasteiger charge is 2.37. The minimum absolute atomic E-state index is 0.0460. The van der Waals surface area contributed by atoms with Crippen molar-refractivity contribution >= 4 is 5.69 Å². The minimum Gasteiger partial charge on any atom is -0.396 e. The fourth-order valence-corrected chi connectivity index (χ4v) is 2.81. The molecule has 1 aromatic heterocycles. The first kappa shape index (κ1) is 10.9. The molecule has 2 aliphatic heterocycles. The van der Waals surface area contributed by atoms with Gasteiger partial charge in [-0.15, -0.1) is 0 Å². The summed E-state index contributed by atoms with van der Waals surface area (Å²) in [5, 5.41) is 12.3. The number of nitrogens with zero attached hydrogens (tertiary/aromatic N) is 2. The maximum atomic E-state index is 13.4. The Bertz CT molecular complexity index is 426. The number of aliphatic hydroxyl groups is 1. The van der Waals surface area contributed by atoms with Crippen molar-refractivity contribution < 1.29 is 9.50 Å². The molecule has 0 aromatic carbocycles. The third-order valence-electron chi connectivity index (χ3n) is 3.67. The summed E-state index contributed by atoms with van der Waals surface area (Å²) in [6.07, 6.45) is 3.08. The lowest BCUT2D eigenvalue weighted by Crippen LogP contribution is -2.43. The van der Waals surface area contributed by atoms with Crippen molar-refractivity contribution in [3.05, 3.63) is 23.8 Å². The molecule has 0 radical (unpaired) electrons. The molecule has 2 atom stereocenters. The number of halogens is 1. The highest BCUT2D eigenvalue weighted by molar-refractivity contribution is 5.50. The smallest absolute Gasteiger partial charge is 0.216 e. The van der Waals surface area contributed by atoms with Gasteiger partial charge in [0.2, 0.25) is 5.95 Å². The molecule has 4 nitrogen and oxygen atoms in total. The normalized spacial score (nSPS) is 26.8. The molecule has 0 unspecified atom stereocenters. The molecule has 0 amide bonds. The molecular weight excluding hydrogens is 221 g/mol. The molecular formula is C12H16FN3O. The number of rotatable bonds is 3. The summed E-state index contributed by atoms with van der Waals surface area (Å²) < 4.78 is 13.4. The summed E-state index contributed by atoms with van der Waals surface area (Å²) in [4.78, 5) is 6.07. The fraction of sp³-hybridized carbons (Fsp3) is 0.583. The van der Waals surface area contributed by atoms with Crippen LogP contribution in [0.25, 0.3) is 0 Å². The Labute approximate surface area is 99.5 Å². The van der Waals surface area contributed by atoms with E-state index in [1.165, 1.54) is 0 Å². The van der Waals surface area contributed by atoms with E-state index in [2.05, 4.69) is 15.2 Å². The van der Waals surface area contributed by atoms with Gasteiger partial charge in [0.15, 0.2) is 0 Å². The third kappa shape index (κ3) is 1.89. The highest BCUT2D eigenvalue weighted by Crippen LogP contribution is 2.29. The zero-order valence-corrected chi connectivity index (χ0v) is 9.56. The highest BCUT2D eigenvalue weighted by atomic mass is 19.1. The maximum absolute atomic E-state index is 13.4. The van der Waals surface area contributed by atoms with Crippen LogP contribution < -0.4 is 10.2 Å². The quantitative estimate of drug-likeness (QED) is 0.743. The largest absolute Gasteiger partial charge is 0.396 e. The molecule has 5 heteroatoms. The van der Waals surface area contributed by atoms with E-state index in [4.69, 9.17) is 5.11 Å². The van der Waals surface area contributed by atoms with E-state index in [-0.39, 0.29) is 6.61 Å². The Kier molecular flexibility index (Phi) is 2.72. The first-order valence-corrected chi connectivity index (χ1v) is 6.03. The van der Waals surface area contributed by atoms with Crippen LogP contribution in [0, 0.1) is 5.95 Å². The molecule has 1 aromatic rings. The van der Waals surface area contributed by atoms with Crippen LogP contribution in [0.1, 0.15) is 12.0 Å². The SMILES string of the molecule is OCCc1cc(N2C[C@@H]3C[C@H]2CN3)cnc1F. The van der Waals surface area contributed by atoms with E-state index in [0.29, 0.717) is 24.1 Å². The van der Waals surface area contributed by atoms with Crippen LogP contribution in [0.4, 0.5) is 10.1 Å². The second-order valence-electron chi connectivity index (χ2n) is 4.76. The van der Waals surface area contributed by atoms with Crippen LogP contribution in [-0.2, 0) is 6.42 Å². The third-order valence-corrected chi connectivity index (χ3v) is 3.67. The number of hydrogen-bond acceptors (Lipinski definition) is 4. The Morgan fingerprint density at radius 1 is 1.59 bits per heavy atom. The van der Waals surface area contributed by atoms with Gasteiger partial charge in [0.05, 0.1) is 11.9 Å². The van der Waals surface area contributed by atoms with Crippen molar-refractivity contribution in [2.75, 3.05) is 24.6 Å². The first-order valence-electron chi connectivity index (χ1n) is 6.03. The lowest BCUT2D eigenvalue weighted by atomic mass is 10.2. The topological polar surface area (TPSA) is 48.4 Å². The van der Waals surface area contributed by atoms with E-state index in [0.717, 1.165) is 25.2 Å². The number of pyridine rings is 1. The van der Waals surface area contributed by atoms with Gasteiger partial charge in [-0.05, 0) is 12.5 Å². The maximum Gasteiger partial charge on any atom is 0.216 e. The second-order valence-corrected chi connectivity index (χ2v) is 4.76. The minimum atomic E-state index is -0.467. The van der Waals surface area contributed by atoms with E-state index in [1.807, 2.05) is 6.07 Å². The van der Waals surface area contributed by atoms with Gasteiger partial charge in [0.25, 0.3) is 0 Å². The number of piperazine rings is 1. The van der Waals surface area contributed by atoms with Gasteiger partial charge in [-0.1, -0.05) is 0 Å². The van der Waals surface area contributed by atoms with Crippen molar-refractivity contribution in [1.82, 2.24) is 10.3 Å². The van der Waals surface area contributed by atoms with Gasteiger partial charge in [0, 0.05) is 43.8 Å². The molecule has 0 spiro atoms. The van der Waals surface area contributed by atoms with Gasteiger partial charge in [-0.25, -0.2) is 4.98 Å². The van der Waals surface area contributed by atoms with Gasteiger partial charge < -0.3 is 15.3 Å². The average Bonchev–Trinajstić information content (AvgIpc) is 2.94. The van der Waals surface area contributed by atoms with Crippen LogP contribution in [0.3, 0.4) is 0 Å². The van der Waals surface area contributed by atoms with Crippen molar-refractivity contribution in [3.63, 3.8) is 0 Å². The number of hydrogen-bond donors (Lipinski definition) is 2. The van der Waals surface area contributed by atoms with Crippen LogP contribution in [-0.4, -0.2) is 41.9 Å². The molecule has 2 saturated heterocycles. The summed E-state index contributed by atoms with van der Waals surface area (Å²) in [6.45, 7) is 1.92. The molecule has 3 heterocycles. The number of anilines is 1. The van der Waals surface area contributed by atoms with E-state index in [1.54, 1.807) is 6.20 Å². The van der Waals surface area contributed by atoms with Crippen molar-refractivity contribution in [2.24, 2.45) is 0 Å². The van der Waals surface area contributed by atoms with Gasteiger partial charge >= 0.3 is 0 Å². The summed E-state index contributed by atoms with van der Waals surface area (Å²) in [5.41, 5.74) is 1.48. The Morgan fingerprint density at radius 3 is 3.12 bits per heavy atom. The van der Waals surface area contributed by atoms with Crippen LogP contribution in [0.2, 0.25) is 0 Å². The lowest BCUT2D eigenvalue weighted by Gasteiger charge is -2.29. The van der Waals surface area contributed by atoms with Gasteiger partial charge in [0.1, 0.15) is 0 Å². The van der Waals surface area contributed by atoms with Crippen molar-refractivity contribution in [2.45, 2.75) is 24.9 Å². The molecule has 17 heavy (non-hydrogen) atoms. The van der Waals surface area contributed by atoms with Crippen LogP contribution in [0.15, 0.2) is 12.3 Å². The average molecular weight is 237 g/mol. The molecule has 0 aliphatic carbocycles. The number of aliphatic hydroxyl groups excluding tert-OH is 1.